The van der Waals surface area contributed by atoms with Crippen LogP contribution in [-0.2, 0) is 19.9 Å². The zero-order valence-electron chi connectivity index (χ0n) is 17.7. The maximum absolute atomic E-state index is 15.0. The lowest BCUT2D eigenvalue weighted by Crippen LogP contribution is -2.41. The summed E-state index contributed by atoms with van der Waals surface area (Å²) in [5.41, 5.74) is 0.759. The molecular weight excluding hydrogens is 467 g/mol. The molecule has 0 amide bonds. The smallest absolute Gasteiger partial charge is 0.251 e. The average Bonchev–Trinajstić information content (AvgIpc) is 3.19. The normalized spacial score (nSPS) is 19.0. The number of sulfone groups is 1. The van der Waals surface area contributed by atoms with Gasteiger partial charge in [-0.3, -0.25) is 0 Å². The van der Waals surface area contributed by atoms with Crippen LogP contribution in [0.1, 0.15) is 18.9 Å². The molecule has 0 aliphatic heterocycles. The molecule has 33 heavy (non-hydrogen) atoms. The first-order valence-corrected chi connectivity index (χ1v) is 13.1. The van der Waals surface area contributed by atoms with Crippen molar-refractivity contribution in [3.8, 4) is 17.6 Å². The van der Waals surface area contributed by atoms with Crippen LogP contribution in [0.25, 0.3) is 10.9 Å². The number of allylic oxidation sites excluding steroid dienone is 2. The van der Waals surface area contributed by atoms with E-state index in [4.69, 9.17) is 10.00 Å². The maximum Gasteiger partial charge on any atom is 0.251 e. The third kappa shape index (κ3) is 3.94. The van der Waals surface area contributed by atoms with Gasteiger partial charge in [0.1, 0.15) is 22.1 Å². The van der Waals surface area contributed by atoms with E-state index in [1.54, 1.807) is 48.5 Å². The van der Waals surface area contributed by atoms with Crippen molar-refractivity contribution in [2.45, 2.75) is 18.1 Å². The Kier molecular flexibility index (Phi) is 5.42. The number of halogens is 1. The summed E-state index contributed by atoms with van der Waals surface area (Å²) in [6.07, 6.45) is 3.94. The molecule has 0 radical (unpaired) electrons. The Morgan fingerprint density at radius 3 is 2.48 bits per heavy atom. The number of fused-ring (bicyclic) bond motifs is 1. The molecule has 0 saturated carbocycles. The lowest BCUT2D eigenvalue weighted by Gasteiger charge is -2.30. The third-order valence-electron chi connectivity index (χ3n) is 5.55. The Bertz CT molecular complexity index is 1590. The molecule has 2 aromatic carbocycles. The van der Waals surface area contributed by atoms with Gasteiger partial charge >= 0.3 is 0 Å². The quantitative estimate of drug-likeness (QED) is 0.528. The minimum Gasteiger partial charge on any atom is -0.457 e. The van der Waals surface area contributed by atoms with Crippen molar-refractivity contribution in [3.05, 3.63) is 83.2 Å². The van der Waals surface area contributed by atoms with E-state index in [1.807, 2.05) is 6.07 Å². The van der Waals surface area contributed by atoms with E-state index < -0.39 is 30.4 Å². The minimum absolute atomic E-state index is 0.243. The fraction of sp³-hybridized carbons (Fsp3) is 0.174. The number of nitrogens with zero attached hydrogens (tertiary/aromatic N) is 2. The van der Waals surface area contributed by atoms with E-state index in [9.17, 15) is 21.2 Å². The van der Waals surface area contributed by atoms with Crippen LogP contribution in [0, 0.1) is 11.3 Å². The Morgan fingerprint density at radius 1 is 1.09 bits per heavy atom. The molecule has 10 heteroatoms. The Hall–Kier alpha value is -3.42. The van der Waals surface area contributed by atoms with Crippen LogP contribution in [0.4, 0.5) is 4.39 Å². The highest BCUT2D eigenvalue weighted by atomic mass is 32.2. The first kappa shape index (κ1) is 22.8. The van der Waals surface area contributed by atoms with Crippen LogP contribution >= 0.6 is 0 Å². The molecule has 1 aliphatic rings. The molecule has 0 bridgehead atoms. The van der Waals surface area contributed by atoms with Crippen LogP contribution in [0.5, 0.6) is 11.5 Å². The molecule has 1 atom stereocenters. The highest BCUT2D eigenvalue weighted by Crippen LogP contribution is 2.40. The zero-order valence-corrected chi connectivity index (χ0v) is 19.3. The van der Waals surface area contributed by atoms with E-state index in [0.717, 1.165) is 16.3 Å². The number of aromatic nitrogens is 1. The third-order valence-corrected chi connectivity index (χ3v) is 9.03. The van der Waals surface area contributed by atoms with Crippen LogP contribution in [-0.4, -0.2) is 31.8 Å². The summed E-state index contributed by atoms with van der Waals surface area (Å²) in [7, 11) is -7.95. The van der Waals surface area contributed by atoms with E-state index >= 15 is 0 Å². The van der Waals surface area contributed by atoms with Crippen molar-refractivity contribution in [3.63, 3.8) is 0 Å². The second kappa shape index (κ2) is 7.86. The topological polar surface area (TPSA) is 106 Å². The van der Waals surface area contributed by atoms with Crippen molar-refractivity contribution in [2.75, 3.05) is 6.26 Å². The summed E-state index contributed by atoms with van der Waals surface area (Å²) in [4.78, 5) is -0.243. The molecule has 0 spiro atoms. The number of benzene rings is 2. The van der Waals surface area contributed by atoms with Gasteiger partial charge in [-0.2, -0.15) is 5.26 Å². The average molecular weight is 487 g/mol. The Balaban J connectivity index is 1.70. The zero-order chi connectivity index (χ0) is 24.0. The van der Waals surface area contributed by atoms with E-state index in [1.165, 1.54) is 19.2 Å². The SMILES string of the molecule is CC1(S(=O)(=O)n2ccc3cc(Oc4cccc(C#N)c4)ccc32)CC=C(S(C)(=O)=O)C=C1F. The van der Waals surface area contributed by atoms with Gasteiger partial charge in [-0.15, -0.1) is 0 Å². The predicted octanol–water partition coefficient (Wildman–Crippen LogP) is 4.43. The van der Waals surface area contributed by atoms with Gasteiger partial charge in [-0.05, 0) is 61.9 Å². The molecule has 170 valence electrons. The summed E-state index contributed by atoms with van der Waals surface area (Å²) in [6, 6.07) is 15.0. The monoisotopic (exact) mass is 486 g/mol. The second-order valence-corrected chi connectivity index (χ2v) is 12.1. The van der Waals surface area contributed by atoms with Gasteiger partial charge in [-0.25, -0.2) is 25.2 Å². The standard InChI is InChI=1S/C23H19FN2O5S2/c1-23(10-8-20(14-22(23)24)32(2,27)28)33(29,30)26-11-9-17-13-19(6-7-21(17)26)31-18-5-3-4-16(12-18)15-25/h3-9,11-14H,10H2,1-2H3. The number of hydrogen-bond donors (Lipinski definition) is 0. The van der Waals surface area contributed by atoms with Crippen molar-refractivity contribution >= 4 is 30.8 Å². The van der Waals surface area contributed by atoms with Crippen LogP contribution in [0.2, 0.25) is 0 Å². The van der Waals surface area contributed by atoms with Gasteiger partial charge in [0.15, 0.2) is 9.84 Å². The second-order valence-electron chi connectivity index (χ2n) is 7.88. The van der Waals surface area contributed by atoms with Gasteiger partial charge in [0.05, 0.1) is 22.1 Å². The Morgan fingerprint density at radius 2 is 1.82 bits per heavy atom. The lowest BCUT2D eigenvalue weighted by atomic mass is 10.0. The first-order chi connectivity index (χ1) is 15.5. The molecule has 1 aromatic heterocycles. The van der Waals surface area contributed by atoms with Gasteiger partial charge in [-0.1, -0.05) is 12.1 Å². The summed E-state index contributed by atoms with van der Waals surface area (Å²) in [5.74, 6) is -0.149. The van der Waals surface area contributed by atoms with Crippen LogP contribution in [0.3, 0.4) is 0 Å². The largest absolute Gasteiger partial charge is 0.457 e. The molecule has 1 aliphatic carbocycles. The summed E-state index contributed by atoms with van der Waals surface area (Å²) in [5, 5.41) is 9.57. The van der Waals surface area contributed by atoms with E-state index in [-0.39, 0.29) is 11.3 Å². The molecule has 0 saturated heterocycles. The van der Waals surface area contributed by atoms with Crippen LogP contribution in [0.15, 0.2) is 77.6 Å². The molecule has 1 heterocycles. The summed E-state index contributed by atoms with van der Waals surface area (Å²) in [6.45, 7) is 1.23. The molecule has 0 N–H and O–H groups in total. The van der Waals surface area contributed by atoms with E-state index in [0.29, 0.717) is 28.0 Å². The van der Waals surface area contributed by atoms with Crippen molar-refractivity contribution in [2.24, 2.45) is 0 Å². The molecule has 4 rings (SSSR count). The summed E-state index contributed by atoms with van der Waals surface area (Å²) >= 11 is 0. The van der Waals surface area contributed by atoms with Gasteiger partial charge < -0.3 is 4.74 Å². The molecule has 7 nitrogen and oxygen atoms in total. The highest BCUT2D eigenvalue weighted by Gasteiger charge is 2.46. The van der Waals surface area contributed by atoms with Crippen molar-refractivity contribution < 1.29 is 26.0 Å². The molecular formula is C23H19FN2O5S2. The molecule has 1 unspecified atom stereocenters. The van der Waals surface area contributed by atoms with Gasteiger partial charge in [0, 0.05) is 17.8 Å². The number of rotatable bonds is 5. The highest BCUT2D eigenvalue weighted by molar-refractivity contribution is 7.94. The van der Waals surface area contributed by atoms with Gasteiger partial charge in [0.25, 0.3) is 10.0 Å². The number of nitriles is 1. The minimum atomic E-state index is -4.29. The number of hydrogen-bond acceptors (Lipinski definition) is 6. The Labute approximate surface area is 191 Å². The molecule has 0 fully saturated rings. The number of ether oxygens (including phenoxy) is 1. The van der Waals surface area contributed by atoms with Crippen molar-refractivity contribution in [1.82, 2.24) is 3.97 Å². The molecule has 3 aromatic rings. The fourth-order valence-corrected chi connectivity index (χ4v) is 5.95. The van der Waals surface area contributed by atoms with Gasteiger partial charge in [0.2, 0.25) is 0 Å². The fourth-order valence-electron chi connectivity index (χ4n) is 3.57. The maximum atomic E-state index is 15.0. The summed E-state index contributed by atoms with van der Waals surface area (Å²) < 4.78 is 70.1. The first-order valence-electron chi connectivity index (χ1n) is 9.78. The predicted molar refractivity (Wildman–Crippen MR) is 123 cm³/mol. The lowest BCUT2D eigenvalue weighted by molar-refractivity contribution is 0.476. The van der Waals surface area contributed by atoms with Crippen molar-refractivity contribution in [1.29, 1.82) is 5.26 Å². The van der Waals surface area contributed by atoms with E-state index in [2.05, 4.69) is 0 Å². The van der Waals surface area contributed by atoms with Crippen LogP contribution < -0.4 is 4.74 Å².